The summed E-state index contributed by atoms with van der Waals surface area (Å²) in [5.41, 5.74) is 9.97. The van der Waals surface area contributed by atoms with Gasteiger partial charge in [0.05, 0.1) is 18.8 Å². The van der Waals surface area contributed by atoms with Crippen molar-refractivity contribution in [2.75, 3.05) is 13.2 Å². The van der Waals surface area contributed by atoms with E-state index < -0.39 is 11.4 Å². The summed E-state index contributed by atoms with van der Waals surface area (Å²) in [6.45, 7) is 4.66. The van der Waals surface area contributed by atoms with Crippen LogP contribution in [0, 0.1) is 0 Å². The van der Waals surface area contributed by atoms with Crippen molar-refractivity contribution < 1.29 is 14.3 Å². The van der Waals surface area contributed by atoms with Crippen LogP contribution in [0.15, 0.2) is 24.3 Å². The first-order chi connectivity index (χ1) is 8.95. The zero-order chi connectivity index (χ0) is 14.3. The Kier molecular flexibility index (Phi) is 5.63. The minimum atomic E-state index is -0.976. The molecule has 5 heteroatoms. The van der Waals surface area contributed by atoms with Crippen molar-refractivity contribution in [2.45, 2.75) is 32.2 Å². The largest absolute Gasteiger partial charge is 0.494 e. The lowest BCUT2D eigenvalue weighted by Gasteiger charge is -2.20. The molecule has 5 nitrogen and oxygen atoms in total. The number of carbonyl (C=O) groups is 1. The average molecular weight is 266 g/mol. The normalized spacial score (nSPS) is 13.6. The molecule has 1 aromatic carbocycles. The number of amides is 1. The van der Waals surface area contributed by atoms with Crippen LogP contribution in [0.25, 0.3) is 0 Å². The van der Waals surface area contributed by atoms with E-state index >= 15 is 0 Å². The molecule has 1 aromatic rings. The molecule has 1 atom stereocenters. The Hall–Kier alpha value is -1.75. The quantitative estimate of drug-likeness (QED) is 0.697. The molecule has 0 saturated heterocycles. The highest BCUT2D eigenvalue weighted by Crippen LogP contribution is 2.20. The van der Waals surface area contributed by atoms with Gasteiger partial charge in [0.1, 0.15) is 11.5 Å². The number of hydrogen-bond donors (Lipinski definition) is 2. The third-order valence-corrected chi connectivity index (χ3v) is 2.79. The van der Waals surface area contributed by atoms with Gasteiger partial charge in [0.25, 0.3) is 0 Å². The van der Waals surface area contributed by atoms with E-state index in [-0.39, 0.29) is 0 Å². The van der Waals surface area contributed by atoms with E-state index in [2.05, 4.69) is 0 Å². The minimum absolute atomic E-state index is 0.482. The van der Waals surface area contributed by atoms with E-state index in [0.717, 1.165) is 11.5 Å². The molecule has 0 aromatic heterocycles. The lowest BCUT2D eigenvalue weighted by Crippen LogP contribution is -2.49. The van der Waals surface area contributed by atoms with Gasteiger partial charge >= 0.3 is 0 Å². The Morgan fingerprint density at radius 3 is 2.53 bits per heavy atom. The molecule has 0 aliphatic heterocycles. The minimum Gasteiger partial charge on any atom is -0.494 e. The zero-order valence-corrected chi connectivity index (χ0v) is 11.5. The van der Waals surface area contributed by atoms with E-state index in [1.807, 2.05) is 31.2 Å². The molecule has 0 aliphatic carbocycles. The van der Waals surface area contributed by atoms with Gasteiger partial charge in [0, 0.05) is 6.07 Å². The van der Waals surface area contributed by atoms with Crippen LogP contribution in [-0.2, 0) is 4.79 Å². The topological polar surface area (TPSA) is 87.6 Å². The van der Waals surface area contributed by atoms with Crippen LogP contribution in [0.4, 0.5) is 0 Å². The maximum atomic E-state index is 11.0. The molecule has 1 amide bonds. The molecule has 19 heavy (non-hydrogen) atoms. The monoisotopic (exact) mass is 266 g/mol. The molecule has 1 rings (SSSR count). The van der Waals surface area contributed by atoms with Gasteiger partial charge in [-0.25, -0.2) is 0 Å². The lowest BCUT2D eigenvalue weighted by atomic mass is 9.97. The van der Waals surface area contributed by atoms with Crippen LogP contribution in [0.5, 0.6) is 11.5 Å². The SMILES string of the molecule is CCOc1cccc(OCCCC(C)(N)C(N)=O)c1. The number of rotatable bonds is 8. The number of benzene rings is 1. The molecule has 0 radical (unpaired) electrons. The van der Waals surface area contributed by atoms with Gasteiger partial charge in [0.15, 0.2) is 0 Å². The fraction of sp³-hybridized carbons (Fsp3) is 0.500. The van der Waals surface area contributed by atoms with Crippen molar-refractivity contribution in [3.63, 3.8) is 0 Å². The number of nitrogens with two attached hydrogens (primary N) is 2. The fourth-order valence-corrected chi connectivity index (χ4v) is 1.57. The molecular weight excluding hydrogens is 244 g/mol. The van der Waals surface area contributed by atoms with Gasteiger partial charge < -0.3 is 20.9 Å². The summed E-state index contributed by atoms with van der Waals surface area (Å²) >= 11 is 0. The van der Waals surface area contributed by atoms with Crippen molar-refractivity contribution >= 4 is 5.91 Å². The Bertz CT molecular complexity index is 419. The summed E-state index contributed by atoms with van der Waals surface area (Å²) in [5, 5.41) is 0. The third-order valence-electron chi connectivity index (χ3n) is 2.79. The van der Waals surface area contributed by atoms with Crippen LogP contribution >= 0.6 is 0 Å². The zero-order valence-electron chi connectivity index (χ0n) is 11.5. The first-order valence-corrected chi connectivity index (χ1v) is 6.40. The highest BCUT2D eigenvalue weighted by atomic mass is 16.5. The summed E-state index contributed by atoms with van der Waals surface area (Å²) < 4.78 is 11.0. The molecule has 1 unspecified atom stereocenters. The third kappa shape index (κ3) is 5.18. The molecule has 0 aliphatic rings. The van der Waals surface area contributed by atoms with Crippen LogP contribution in [0.3, 0.4) is 0 Å². The lowest BCUT2D eigenvalue weighted by molar-refractivity contribution is -0.122. The van der Waals surface area contributed by atoms with Crippen LogP contribution in [0.2, 0.25) is 0 Å². The molecule has 0 heterocycles. The number of primary amides is 1. The summed E-state index contributed by atoms with van der Waals surface area (Å²) in [6, 6.07) is 7.44. The Balaban J connectivity index is 2.37. The second-order valence-corrected chi connectivity index (χ2v) is 4.64. The summed E-state index contributed by atoms with van der Waals surface area (Å²) in [5.74, 6) is 1.02. The van der Waals surface area contributed by atoms with Crippen molar-refractivity contribution in [1.82, 2.24) is 0 Å². The molecule has 0 saturated carbocycles. The summed E-state index contributed by atoms with van der Waals surface area (Å²) in [4.78, 5) is 11.0. The van der Waals surface area contributed by atoms with Crippen LogP contribution < -0.4 is 20.9 Å². The van der Waals surface area contributed by atoms with E-state index in [4.69, 9.17) is 20.9 Å². The van der Waals surface area contributed by atoms with Crippen molar-refractivity contribution in [3.8, 4) is 11.5 Å². The first-order valence-electron chi connectivity index (χ1n) is 6.40. The predicted octanol–water partition coefficient (Wildman–Crippen LogP) is 1.45. The average Bonchev–Trinajstić information content (AvgIpc) is 2.35. The molecule has 0 spiro atoms. The Morgan fingerprint density at radius 1 is 1.32 bits per heavy atom. The molecule has 0 fully saturated rings. The first kappa shape index (κ1) is 15.3. The number of hydrogen-bond acceptors (Lipinski definition) is 4. The van der Waals surface area contributed by atoms with Crippen molar-refractivity contribution in [2.24, 2.45) is 11.5 Å². The van der Waals surface area contributed by atoms with Gasteiger partial charge in [-0.2, -0.15) is 0 Å². The van der Waals surface area contributed by atoms with Crippen molar-refractivity contribution in [1.29, 1.82) is 0 Å². The Labute approximate surface area is 113 Å². The maximum Gasteiger partial charge on any atom is 0.237 e. The summed E-state index contributed by atoms with van der Waals surface area (Å²) in [7, 11) is 0. The van der Waals surface area contributed by atoms with Gasteiger partial charge in [-0.05, 0) is 38.8 Å². The molecule has 0 bridgehead atoms. The number of ether oxygens (including phenoxy) is 2. The van der Waals surface area contributed by atoms with E-state index in [9.17, 15) is 4.79 Å². The highest BCUT2D eigenvalue weighted by molar-refractivity contribution is 5.83. The van der Waals surface area contributed by atoms with Crippen molar-refractivity contribution in [3.05, 3.63) is 24.3 Å². The maximum absolute atomic E-state index is 11.0. The van der Waals surface area contributed by atoms with Gasteiger partial charge in [-0.3, -0.25) is 4.79 Å². The Morgan fingerprint density at radius 2 is 1.95 bits per heavy atom. The fourth-order valence-electron chi connectivity index (χ4n) is 1.57. The number of carbonyl (C=O) groups excluding carboxylic acids is 1. The van der Waals surface area contributed by atoms with Crippen LogP contribution in [-0.4, -0.2) is 24.7 Å². The molecular formula is C14H22N2O3. The summed E-state index contributed by atoms with van der Waals surface area (Å²) in [6.07, 6.45) is 1.16. The predicted molar refractivity (Wildman–Crippen MR) is 74.1 cm³/mol. The van der Waals surface area contributed by atoms with E-state index in [0.29, 0.717) is 26.1 Å². The standard InChI is InChI=1S/C14H22N2O3/c1-3-18-11-6-4-7-12(10-11)19-9-5-8-14(2,16)13(15)17/h4,6-7,10H,3,5,8-9,16H2,1-2H3,(H2,15,17). The van der Waals surface area contributed by atoms with E-state index in [1.54, 1.807) is 6.92 Å². The molecule has 4 N–H and O–H groups in total. The molecule has 106 valence electrons. The second kappa shape index (κ2) is 6.99. The van der Waals surface area contributed by atoms with Gasteiger partial charge in [0.2, 0.25) is 5.91 Å². The smallest absolute Gasteiger partial charge is 0.237 e. The van der Waals surface area contributed by atoms with Gasteiger partial charge in [-0.1, -0.05) is 6.07 Å². The van der Waals surface area contributed by atoms with Crippen LogP contribution in [0.1, 0.15) is 26.7 Å². The van der Waals surface area contributed by atoms with E-state index in [1.165, 1.54) is 0 Å². The highest BCUT2D eigenvalue weighted by Gasteiger charge is 2.24. The van der Waals surface area contributed by atoms with Gasteiger partial charge in [-0.15, -0.1) is 0 Å². The second-order valence-electron chi connectivity index (χ2n) is 4.64.